The summed E-state index contributed by atoms with van der Waals surface area (Å²) in [6.07, 6.45) is 0.838. The van der Waals surface area contributed by atoms with Crippen molar-refractivity contribution >= 4 is 40.3 Å². The van der Waals surface area contributed by atoms with E-state index in [2.05, 4.69) is 17.1 Å². The number of carbonyl (C=O) groups excluding carboxylic acids is 1. The van der Waals surface area contributed by atoms with E-state index < -0.39 is 0 Å². The molecule has 2 aromatic heterocycles. The molecule has 0 bridgehead atoms. The van der Waals surface area contributed by atoms with Crippen LogP contribution in [-0.4, -0.2) is 20.5 Å². The molecule has 0 fully saturated rings. The van der Waals surface area contributed by atoms with Gasteiger partial charge in [-0.15, -0.1) is 33.1 Å². The van der Waals surface area contributed by atoms with Gasteiger partial charge < -0.3 is 0 Å². The average Bonchev–Trinajstić information content (AvgIpc) is 3.17. The lowest BCUT2D eigenvalue weighted by Crippen LogP contribution is -2.08. The Bertz CT molecular complexity index is 901. The average molecular weight is 380 g/mol. The number of aromatic nitrogens is 3. The van der Waals surface area contributed by atoms with Gasteiger partial charge in [-0.2, -0.15) is 0 Å². The smallest absolute Gasteiger partial charge is 0.197 e. The van der Waals surface area contributed by atoms with E-state index in [1.807, 2.05) is 17.6 Å². The van der Waals surface area contributed by atoms with Crippen LogP contribution in [0.1, 0.15) is 39.4 Å². The molecule has 3 aromatic rings. The summed E-state index contributed by atoms with van der Waals surface area (Å²) in [5.74, 6) is 1.43. The highest BCUT2D eigenvalue weighted by atomic mass is 35.5. The van der Waals surface area contributed by atoms with Gasteiger partial charge in [0.2, 0.25) is 0 Å². The number of hydrogen-bond donors (Lipinski definition) is 0. The largest absolute Gasteiger partial charge is 0.288 e. The summed E-state index contributed by atoms with van der Waals surface area (Å²) < 4.78 is 1.85. The number of benzene rings is 1. The fourth-order valence-corrected chi connectivity index (χ4v) is 4.04. The van der Waals surface area contributed by atoms with Crippen molar-refractivity contribution < 1.29 is 4.79 Å². The fraction of sp³-hybridized carbons (Fsp3) is 0.235. The van der Waals surface area contributed by atoms with Crippen LogP contribution in [0.3, 0.4) is 0 Å². The van der Waals surface area contributed by atoms with Crippen molar-refractivity contribution in [2.75, 3.05) is 0 Å². The van der Waals surface area contributed by atoms with Crippen LogP contribution in [0.15, 0.2) is 30.3 Å². The quantitative estimate of drug-likeness (QED) is 0.471. The first-order valence-electron chi connectivity index (χ1n) is 7.46. The number of thiophene rings is 1. The van der Waals surface area contributed by atoms with E-state index in [4.69, 9.17) is 23.2 Å². The normalized spacial score (nSPS) is 11.0. The van der Waals surface area contributed by atoms with Gasteiger partial charge in [0.25, 0.3) is 0 Å². The molecule has 3 rings (SSSR count). The van der Waals surface area contributed by atoms with Crippen molar-refractivity contribution in [1.29, 1.82) is 0 Å². The number of ketones is 1. The van der Waals surface area contributed by atoms with Crippen LogP contribution in [0.25, 0.3) is 5.00 Å². The molecule has 0 aliphatic rings. The number of alkyl halides is 1. The molecule has 124 valence electrons. The number of halogens is 2. The predicted molar refractivity (Wildman–Crippen MR) is 97.8 cm³/mol. The minimum Gasteiger partial charge on any atom is -0.288 e. The Hall–Kier alpha value is -1.69. The molecule has 0 amide bonds. The first-order chi connectivity index (χ1) is 11.6. The van der Waals surface area contributed by atoms with Gasteiger partial charge in [-0.25, -0.2) is 0 Å². The number of aryl methyl sites for hydroxylation is 2. The zero-order valence-corrected chi connectivity index (χ0v) is 15.5. The standard InChI is InChI=1S/C17H15Cl2N3OS/c1-3-11-8-13(16(23)12-6-4-5-7-14(12)19)17(24-11)22-10(2)20-21-15(22)9-18/h4-8H,3,9H2,1-2H3. The molecule has 0 unspecified atom stereocenters. The molecule has 1 aromatic carbocycles. The van der Waals surface area contributed by atoms with E-state index >= 15 is 0 Å². The third kappa shape index (κ3) is 2.99. The van der Waals surface area contributed by atoms with Gasteiger partial charge in [0, 0.05) is 10.4 Å². The Morgan fingerprint density at radius 1 is 1.25 bits per heavy atom. The van der Waals surface area contributed by atoms with Gasteiger partial charge in [0.05, 0.1) is 16.5 Å². The van der Waals surface area contributed by atoms with Crippen LogP contribution in [0.2, 0.25) is 5.02 Å². The number of carbonyl (C=O) groups is 1. The Balaban J connectivity index is 2.19. The van der Waals surface area contributed by atoms with E-state index in [0.717, 1.165) is 16.3 Å². The van der Waals surface area contributed by atoms with Gasteiger partial charge in [0.1, 0.15) is 10.8 Å². The molecule has 24 heavy (non-hydrogen) atoms. The topological polar surface area (TPSA) is 47.8 Å². The summed E-state index contributed by atoms with van der Waals surface area (Å²) in [7, 11) is 0. The third-order valence-corrected chi connectivity index (χ3v) is 5.52. The van der Waals surface area contributed by atoms with Crippen molar-refractivity contribution in [2.24, 2.45) is 0 Å². The first kappa shape index (κ1) is 17.1. The van der Waals surface area contributed by atoms with Crippen LogP contribution in [0.4, 0.5) is 0 Å². The second-order valence-electron chi connectivity index (χ2n) is 5.23. The number of rotatable bonds is 5. The SMILES string of the molecule is CCc1cc(C(=O)c2ccccc2Cl)c(-n2c(C)nnc2CCl)s1. The number of hydrogen-bond acceptors (Lipinski definition) is 4. The van der Waals surface area contributed by atoms with Crippen LogP contribution in [0, 0.1) is 6.92 Å². The van der Waals surface area contributed by atoms with Gasteiger partial charge in [-0.05, 0) is 31.5 Å². The van der Waals surface area contributed by atoms with Crippen molar-refractivity contribution in [3.8, 4) is 5.00 Å². The highest BCUT2D eigenvalue weighted by Crippen LogP contribution is 2.32. The van der Waals surface area contributed by atoms with E-state index in [1.165, 1.54) is 0 Å². The lowest BCUT2D eigenvalue weighted by atomic mass is 10.0. The Labute approximate surface area is 154 Å². The molecule has 7 heteroatoms. The number of nitrogens with zero attached hydrogens (tertiary/aromatic N) is 3. The van der Waals surface area contributed by atoms with Crippen LogP contribution < -0.4 is 0 Å². The van der Waals surface area contributed by atoms with Gasteiger partial charge in [0.15, 0.2) is 11.6 Å². The Morgan fingerprint density at radius 3 is 2.67 bits per heavy atom. The zero-order chi connectivity index (χ0) is 17.3. The molecule has 0 radical (unpaired) electrons. The highest BCUT2D eigenvalue weighted by Gasteiger charge is 2.23. The van der Waals surface area contributed by atoms with Gasteiger partial charge in [-0.1, -0.05) is 30.7 Å². The molecule has 0 atom stereocenters. The molecule has 0 saturated heterocycles. The summed E-state index contributed by atoms with van der Waals surface area (Å²) in [6, 6.07) is 8.98. The maximum Gasteiger partial charge on any atom is 0.197 e. The van der Waals surface area contributed by atoms with E-state index in [9.17, 15) is 4.79 Å². The van der Waals surface area contributed by atoms with Crippen LogP contribution in [-0.2, 0) is 12.3 Å². The van der Waals surface area contributed by atoms with Crippen molar-refractivity contribution in [1.82, 2.24) is 14.8 Å². The molecule has 2 heterocycles. The lowest BCUT2D eigenvalue weighted by molar-refractivity contribution is 0.103. The minimum atomic E-state index is -0.111. The summed E-state index contributed by atoms with van der Waals surface area (Å²) >= 11 is 13.7. The molecular formula is C17H15Cl2N3OS. The summed E-state index contributed by atoms with van der Waals surface area (Å²) in [4.78, 5) is 14.2. The molecule has 4 nitrogen and oxygen atoms in total. The van der Waals surface area contributed by atoms with Crippen LogP contribution >= 0.6 is 34.5 Å². The van der Waals surface area contributed by atoms with Gasteiger partial charge >= 0.3 is 0 Å². The molecule has 0 aliphatic heterocycles. The fourth-order valence-electron chi connectivity index (χ4n) is 2.48. The lowest BCUT2D eigenvalue weighted by Gasteiger charge is -2.08. The molecule has 0 N–H and O–H groups in total. The van der Waals surface area contributed by atoms with Crippen LogP contribution in [0.5, 0.6) is 0 Å². The predicted octanol–water partition coefficient (Wildman–Crippen LogP) is 4.82. The van der Waals surface area contributed by atoms with Crippen molar-refractivity contribution in [2.45, 2.75) is 26.1 Å². The summed E-state index contributed by atoms with van der Waals surface area (Å²) in [6.45, 7) is 3.90. The van der Waals surface area contributed by atoms with E-state index in [0.29, 0.717) is 27.8 Å². The molecule has 0 saturated carbocycles. The van der Waals surface area contributed by atoms with E-state index in [-0.39, 0.29) is 11.7 Å². The summed E-state index contributed by atoms with van der Waals surface area (Å²) in [5.41, 5.74) is 1.08. The Morgan fingerprint density at radius 2 is 2.00 bits per heavy atom. The van der Waals surface area contributed by atoms with E-state index in [1.54, 1.807) is 35.6 Å². The van der Waals surface area contributed by atoms with Gasteiger partial charge in [-0.3, -0.25) is 9.36 Å². The second-order valence-corrected chi connectivity index (χ2v) is 7.02. The van der Waals surface area contributed by atoms with Crippen molar-refractivity contribution in [3.63, 3.8) is 0 Å². The highest BCUT2D eigenvalue weighted by molar-refractivity contribution is 7.15. The maximum absolute atomic E-state index is 13.1. The Kier molecular flexibility index (Phi) is 5.04. The molecular weight excluding hydrogens is 365 g/mol. The summed E-state index contributed by atoms with van der Waals surface area (Å²) in [5, 5.41) is 9.40. The first-order valence-corrected chi connectivity index (χ1v) is 9.18. The molecule has 0 aliphatic carbocycles. The second kappa shape index (κ2) is 7.05. The zero-order valence-electron chi connectivity index (χ0n) is 13.2. The molecule has 0 spiro atoms. The monoisotopic (exact) mass is 379 g/mol. The minimum absolute atomic E-state index is 0.111. The maximum atomic E-state index is 13.1. The van der Waals surface area contributed by atoms with Crippen molar-refractivity contribution in [3.05, 3.63) is 63.0 Å². The third-order valence-electron chi connectivity index (χ3n) is 3.69.